The molecule has 3 aromatic rings. The zero-order valence-corrected chi connectivity index (χ0v) is 20.2. The maximum absolute atomic E-state index is 11.3. The highest BCUT2D eigenvalue weighted by molar-refractivity contribution is 5.82. The van der Waals surface area contributed by atoms with E-state index in [0.29, 0.717) is 50.9 Å². The average molecular weight is 481 g/mol. The van der Waals surface area contributed by atoms with Gasteiger partial charge in [-0.2, -0.15) is 5.10 Å². The number of likely N-dealkylation sites (tertiary alicyclic amines) is 1. The maximum atomic E-state index is 11.3. The number of anilines is 1. The molecular formula is C25H32N6O4. The predicted octanol–water partition coefficient (Wildman–Crippen LogP) is 2.74. The van der Waals surface area contributed by atoms with E-state index in [0.717, 1.165) is 35.4 Å². The van der Waals surface area contributed by atoms with Crippen LogP contribution in [0.2, 0.25) is 0 Å². The van der Waals surface area contributed by atoms with Crippen molar-refractivity contribution < 1.29 is 19.7 Å². The first-order chi connectivity index (χ1) is 17.0. The monoisotopic (exact) mass is 480 g/mol. The molecule has 2 N–H and O–H groups in total. The number of aromatic nitrogens is 4. The summed E-state index contributed by atoms with van der Waals surface area (Å²) in [5.74, 6) is 2.57. The second kappa shape index (κ2) is 9.79. The molecule has 2 aromatic heterocycles. The quantitative estimate of drug-likeness (QED) is 0.573. The first-order valence-electron chi connectivity index (χ1n) is 12.3. The Hall–Kier alpha value is -3.24. The normalized spacial score (nSPS) is 19.5. The highest BCUT2D eigenvalue weighted by Crippen LogP contribution is 2.33. The van der Waals surface area contributed by atoms with E-state index in [1.807, 2.05) is 23.9 Å². The van der Waals surface area contributed by atoms with E-state index in [1.165, 1.54) is 16.0 Å². The van der Waals surface area contributed by atoms with Crippen LogP contribution in [0.3, 0.4) is 0 Å². The smallest absolute Gasteiger partial charge is 0.407 e. The number of aliphatic hydroxyl groups is 1. The Morgan fingerprint density at radius 2 is 1.91 bits per heavy atom. The zero-order chi connectivity index (χ0) is 24.5. The van der Waals surface area contributed by atoms with Gasteiger partial charge in [0.15, 0.2) is 5.82 Å². The summed E-state index contributed by atoms with van der Waals surface area (Å²) in [6.07, 6.45) is 3.12. The number of hydrogen-bond donors (Lipinski definition) is 2. The first kappa shape index (κ1) is 23.5. The van der Waals surface area contributed by atoms with Gasteiger partial charge in [0, 0.05) is 44.1 Å². The van der Waals surface area contributed by atoms with Gasteiger partial charge in [0.1, 0.15) is 11.6 Å². The molecule has 10 heteroatoms. The Balaban J connectivity index is 1.50. The van der Waals surface area contributed by atoms with Gasteiger partial charge in [-0.3, -0.25) is 0 Å². The Morgan fingerprint density at radius 1 is 1.14 bits per heavy atom. The number of carbonyl (C=O) groups is 1. The molecule has 1 unspecified atom stereocenters. The van der Waals surface area contributed by atoms with E-state index in [1.54, 1.807) is 0 Å². The fraction of sp³-hybridized carbons (Fsp3) is 0.520. The van der Waals surface area contributed by atoms with Crippen molar-refractivity contribution in [3.8, 4) is 5.82 Å². The van der Waals surface area contributed by atoms with Crippen molar-refractivity contribution in [1.29, 1.82) is 0 Å². The molecule has 2 aliphatic heterocycles. The maximum Gasteiger partial charge on any atom is 0.407 e. The fourth-order valence-electron chi connectivity index (χ4n) is 5.14. The molecular weight excluding hydrogens is 448 g/mol. The van der Waals surface area contributed by atoms with Crippen LogP contribution in [0, 0.1) is 6.92 Å². The minimum atomic E-state index is -0.842. The van der Waals surface area contributed by atoms with E-state index >= 15 is 0 Å². The van der Waals surface area contributed by atoms with Crippen molar-refractivity contribution in [2.24, 2.45) is 0 Å². The number of ether oxygens (including phenoxy) is 1. The van der Waals surface area contributed by atoms with Crippen LogP contribution >= 0.6 is 0 Å². The van der Waals surface area contributed by atoms with E-state index in [4.69, 9.17) is 14.7 Å². The minimum Gasteiger partial charge on any atom is -0.465 e. The number of benzene rings is 1. The van der Waals surface area contributed by atoms with Gasteiger partial charge in [0.05, 0.1) is 31.0 Å². The summed E-state index contributed by atoms with van der Waals surface area (Å²) in [5, 5.41) is 24.6. The minimum absolute atomic E-state index is 0.0214. The number of nitrogens with zero attached hydrogens (tertiary/aromatic N) is 6. The Kier molecular flexibility index (Phi) is 6.57. The summed E-state index contributed by atoms with van der Waals surface area (Å²) in [5.41, 5.74) is 3.42. The highest BCUT2D eigenvalue weighted by Gasteiger charge is 2.26. The van der Waals surface area contributed by atoms with E-state index in [9.17, 15) is 15.0 Å². The molecule has 0 radical (unpaired) electrons. The first-order valence-corrected chi connectivity index (χ1v) is 12.3. The molecule has 10 nitrogen and oxygen atoms in total. The Bertz CT molecular complexity index is 1220. The number of aliphatic hydroxyl groups excluding tert-OH is 1. The standard InChI is InChI=1S/C25H32N6O4/c1-3-22-27-23(30-8-9-35-19(14-30)15-32)12-24(28-22)31-21-11-20(16(2)10-18(21)13-26-31)17-4-6-29(7-5-17)25(33)34/h10-13,17,19,32H,3-9,14-15H2,1-2H3,(H,33,34). The molecule has 1 amide bonds. The lowest BCUT2D eigenvalue weighted by Gasteiger charge is -2.33. The number of morpholine rings is 1. The number of hydrogen-bond acceptors (Lipinski definition) is 7. The molecule has 1 aromatic carbocycles. The van der Waals surface area contributed by atoms with Crippen LogP contribution in [-0.4, -0.2) is 86.5 Å². The van der Waals surface area contributed by atoms with Crippen molar-refractivity contribution in [1.82, 2.24) is 24.6 Å². The number of amides is 1. The van der Waals surface area contributed by atoms with Crippen LogP contribution in [0.15, 0.2) is 24.4 Å². The number of rotatable bonds is 5. The van der Waals surface area contributed by atoms with Crippen LogP contribution in [0.4, 0.5) is 10.6 Å². The molecule has 5 rings (SSSR count). The third-order valence-corrected chi connectivity index (χ3v) is 7.11. The van der Waals surface area contributed by atoms with Gasteiger partial charge >= 0.3 is 6.09 Å². The topological polar surface area (TPSA) is 117 Å². The van der Waals surface area contributed by atoms with Gasteiger partial charge in [0.25, 0.3) is 0 Å². The second-order valence-corrected chi connectivity index (χ2v) is 9.34. The van der Waals surface area contributed by atoms with Crippen LogP contribution in [0.5, 0.6) is 0 Å². The van der Waals surface area contributed by atoms with Crippen molar-refractivity contribution >= 4 is 22.8 Å². The van der Waals surface area contributed by atoms with Gasteiger partial charge in [-0.15, -0.1) is 0 Å². The van der Waals surface area contributed by atoms with Crippen molar-refractivity contribution in [2.45, 2.75) is 45.1 Å². The lowest BCUT2D eigenvalue weighted by Crippen LogP contribution is -2.44. The molecule has 186 valence electrons. The van der Waals surface area contributed by atoms with E-state index in [-0.39, 0.29) is 12.7 Å². The number of aryl methyl sites for hydroxylation is 2. The third-order valence-electron chi connectivity index (χ3n) is 7.11. The summed E-state index contributed by atoms with van der Waals surface area (Å²) in [7, 11) is 0. The molecule has 0 bridgehead atoms. The van der Waals surface area contributed by atoms with Crippen LogP contribution in [0.1, 0.15) is 42.6 Å². The zero-order valence-electron chi connectivity index (χ0n) is 20.2. The number of piperidine rings is 1. The van der Waals surface area contributed by atoms with Gasteiger partial charge < -0.3 is 24.7 Å². The Labute approximate surface area is 204 Å². The lowest BCUT2D eigenvalue weighted by molar-refractivity contribution is 0.00334. The average Bonchev–Trinajstić information content (AvgIpc) is 3.30. The SMILES string of the molecule is CCc1nc(N2CCOC(CO)C2)cc(-n2ncc3cc(C)c(C4CCN(C(=O)O)CC4)cc32)n1. The van der Waals surface area contributed by atoms with E-state index < -0.39 is 6.09 Å². The lowest BCUT2D eigenvalue weighted by atomic mass is 9.86. The number of fused-ring (bicyclic) bond motifs is 1. The number of carboxylic acid groups (broad SMARTS) is 1. The van der Waals surface area contributed by atoms with E-state index in [2.05, 4.69) is 29.1 Å². The molecule has 0 aliphatic carbocycles. The molecule has 0 spiro atoms. The van der Waals surface area contributed by atoms with Gasteiger partial charge in [-0.1, -0.05) is 6.92 Å². The molecule has 2 fully saturated rings. The van der Waals surface area contributed by atoms with Gasteiger partial charge in [-0.25, -0.2) is 19.4 Å². The fourth-order valence-corrected chi connectivity index (χ4v) is 5.14. The Morgan fingerprint density at radius 3 is 2.63 bits per heavy atom. The summed E-state index contributed by atoms with van der Waals surface area (Å²) in [6, 6.07) is 6.31. The largest absolute Gasteiger partial charge is 0.465 e. The van der Waals surface area contributed by atoms with Crippen LogP contribution in [0.25, 0.3) is 16.7 Å². The molecule has 2 saturated heterocycles. The molecule has 35 heavy (non-hydrogen) atoms. The van der Waals surface area contributed by atoms with Crippen molar-refractivity contribution in [3.63, 3.8) is 0 Å². The highest BCUT2D eigenvalue weighted by atomic mass is 16.5. The summed E-state index contributed by atoms with van der Waals surface area (Å²) in [6.45, 7) is 7.06. The predicted molar refractivity (Wildman–Crippen MR) is 131 cm³/mol. The molecule has 0 saturated carbocycles. The summed E-state index contributed by atoms with van der Waals surface area (Å²) >= 11 is 0. The molecule has 2 aliphatic rings. The second-order valence-electron chi connectivity index (χ2n) is 9.34. The van der Waals surface area contributed by atoms with Crippen LogP contribution in [-0.2, 0) is 11.2 Å². The molecule has 1 atom stereocenters. The van der Waals surface area contributed by atoms with Gasteiger partial charge in [-0.05, 0) is 48.9 Å². The third kappa shape index (κ3) is 4.68. The van der Waals surface area contributed by atoms with Crippen LogP contribution < -0.4 is 4.90 Å². The summed E-state index contributed by atoms with van der Waals surface area (Å²) in [4.78, 5) is 24.5. The molecule has 4 heterocycles. The van der Waals surface area contributed by atoms with Crippen molar-refractivity contribution in [2.75, 3.05) is 44.3 Å². The van der Waals surface area contributed by atoms with Crippen molar-refractivity contribution in [3.05, 3.63) is 41.3 Å². The summed E-state index contributed by atoms with van der Waals surface area (Å²) < 4.78 is 7.48. The van der Waals surface area contributed by atoms with Gasteiger partial charge in [0.2, 0.25) is 0 Å².